The number of hydrogen-bond acceptors (Lipinski definition) is 5. The van der Waals surface area contributed by atoms with Crippen molar-refractivity contribution in [3.05, 3.63) is 75.4 Å². The highest BCUT2D eigenvalue weighted by Crippen LogP contribution is 2.24. The van der Waals surface area contributed by atoms with Crippen molar-refractivity contribution in [2.75, 3.05) is 5.43 Å². The van der Waals surface area contributed by atoms with Crippen LogP contribution < -0.4 is 5.43 Å². The molecule has 0 aliphatic rings. The van der Waals surface area contributed by atoms with E-state index in [0.29, 0.717) is 10.7 Å². The Bertz CT molecular complexity index is 939. The number of aromatic nitrogens is 1. The van der Waals surface area contributed by atoms with Crippen molar-refractivity contribution in [3.8, 4) is 0 Å². The number of halogens is 1. The van der Waals surface area contributed by atoms with Crippen LogP contribution in [0.15, 0.2) is 59.8 Å². The molecule has 2 aromatic carbocycles. The van der Waals surface area contributed by atoms with Gasteiger partial charge in [0.15, 0.2) is 0 Å². The second-order valence-corrected chi connectivity index (χ2v) is 5.57. The molecule has 7 heteroatoms. The summed E-state index contributed by atoms with van der Waals surface area (Å²) in [7, 11) is 0. The zero-order chi connectivity index (χ0) is 17.1. The molecule has 0 unspecified atom stereocenters. The molecule has 0 radical (unpaired) electrons. The molecule has 6 nitrogen and oxygen atoms in total. The standard InChI is InChI=1S/C17H13ClN4O2/c1-11(12-2-5-14(6-3-12)22(23)24)20-21-16-8-9-19-17-10-13(18)4-7-15(16)17/h2-10H,1H3,(H,19,21). The van der Waals surface area contributed by atoms with Gasteiger partial charge in [0.25, 0.3) is 5.69 Å². The van der Waals surface area contributed by atoms with Crippen molar-refractivity contribution in [2.24, 2.45) is 5.10 Å². The van der Waals surface area contributed by atoms with Gasteiger partial charge < -0.3 is 0 Å². The number of nitro groups is 1. The Hall–Kier alpha value is -2.99. The molecule has 0 fully saturated rings. The summed E-state index contributed by atoms with van der Waals surface area (Å²) in [5.74, 6) is 0. The van der Waals surface area contributed by atoms with Gasteiger partial charge in [0.1, 0.15) is 0 Å². The Labute approximate surface area is 142 Å². The molecular formula is C17H13ClN4O2. The van der Waals surface area contributed by atoms with E-state index in [1.807, 2.05) is 19.1 Å². The quantitative estimate of drug-likeness (QED) is 0.426. The van der Waals surface area contributed by atoms with E-state index in [9.17, 15) is 10.1 Å². The van der Waals surface area contributed by atoms with Gasteiger partial charge in [-0.1, -0.05) is 11.6 Å². The highest BCUT2D eigenvalue weighted by molar-refractivity contribution is 6.31. The van der Waals surface area contributed by atoms with Crippen molar-refractivity contribution in [3.63, 3.8) is 0 Å². The van der Waals surface area contributed by atoms with Crippen molar-refractivity contribution in [1.29, 1.82) is 0 Å². The van der Waals surface area contributed by atoms with E-state index in [-0.39, 0.29) is 5.69 Å². The molecule has 0 aliphatic heterocycles. The number of anilines is 1. The lowest BCUT2D eigenvalue weighted by Crippen LogP contribution is -2.00. The van der Waals surface area contributed by atoms with Crippen LogP contribution in [0.2, 0.25) is 5.02 Å². The molecule has 3 aromatic rings. The maximum absolute atomic E-state index is 10.7. The van der Waals surface area contributed by atoms with Gasteiger partial charge in [-0.3, -0.25) is 20.5 Å². The zero-order valence-corrected chi connectivity index (χ0v) is 13.5. The number of hydrazone groups is 1. The maximum Gasteiger partial charge on any atom is 0.269 e. The number of rotatable bonds is 4. The average molecular weight is 341 g/mol. The first-order valence-electron chi connectivity index (χ1n) is 7.14. The summed E-state index contributed by atoms with van der Waals surface area (Å²) in [4.78, 5) is 14.5. The fourth-order valence-corrected chi connectivity index (χ4v) is 2.42. The number of fused-ring (bicyclic) bond motifs is 1. The lowest BCUT2D eigenvalue weighted by Gasteiger charge is -2.07. The third-order valence-corrected chi connectivity index (χ3v) is 3.78. The second-order valence-electron chi connectivity index (χ2n) is 5.13. The van der Waals surface area contributed by atoms with Gasteiger partial charge in [-0.15, -0.1) is 0 Å². The number of nitrogens with zero attached hydrogens (tertiary/aromatic N) is 3. The largest absolute Gasteiger partial charge is 0.277 e. The third-order valence-electron chi connectivity index (χ3n) is 3.54. The molecule has 24 heavy (non-hydrogen) atoms. The van der Waals surface area contributed by atoms with Gasteiger partial charge in [-0.05, 0) is 48.9 Å². The fraction of sp³-hybridized carbons (Fsp3) is 0.0588. The molecular weight excluding hydrogens is 328 g/mol. The van der Waals surface area contributed by atoms with Gasteiger partial charge in [0, 0.05) is 28.7 Å². The van der Waals surface area contributed by atoms with E-state index in [1.165, 1.54) is 12.1 Å². The number of non-ortho nitro benzene ring substituents is 1. The molecule has 0 saturated carbocycles. The molecule has 3 rings (SSSR count). The predicted molar refractivity (Wildman–Crippen MR) is 95.7 cm³/mol. The van der Waals surface area contributed by atoms with E-state index in [4.69, 9.17) is 11.6 Å². The van der Waals surface area contributed by atoms with Crippen molar-refractivity contribution in [1.82, 2.24) is 4.98 Å². The van der Waals surface area contributed by atoms with Crippen LogP contribution in [0, 0.1) is 10.1 Å². The highest BCUT2D eigenvalue weighted by Gasteiger charge is 2.06. The Morgan fingerprint density at radius 2 is 1.96 bits per heavy atom. The fourth-order valence-electron chi connectivity index (χ4n) is 2.25. The molecule has 0 spiro atoms. The minimum absolute atomic E-state index is 0.0523. The van der Waals surface area contributed by atoms with Crippen LogP contribution in [0.5, 0.6) is 0 Å². The number of pyridine rings is 1. The number of benzene rings is 2. The normalized spacial score (nSPS) is 11.5. The molecule has 120 valence electrons. The summed E-state index contributed by atoms with van der Waals surface area (Å²) in [5.41, 5.74) is 6.16. The molecule has 0 aliphatic carbocycles. The minimum Gasteiger partial charge on any atom is -0.277 e. The van der Waals surface area contributed by atoms with Crippen molar-refractivity contribution in [2.45, 2.75) is 6.92 Å². The van der Waals surface area contributed by atoms with Crippen LogP contribution in [0.4, 0.5) is 11.4 Å². The summed E-state index contributed by atoms with van der Waals surface area (Å²) in [5, 5.41) is 16.6. The average Bonchev–Trinajstić information content (AvgIpc) is 2.59. The SMILES string of the molecule is CC(=NNc1ccnc2cc(Cl)ccc12)c1ccc([N+](=O)[O-])cc1. The minimum atomic E-state index is -0.428. The zero-order valence-electron chi connectivity index (χ0n) is 12.7. The molecule has 0 bridgehead atoms. The van der Waals surface area contributed by atoms with Gasteiger partial charge in [-0.2, -0.15) is 5.10 Å². The monoisotopic (exact) mass is 340 g/mol. The first-order valence-corrected chi connectivity index (χ1v) is 7.52. The Morgan fingerprint density at radius 1 is 1.21 bits per heavy atom. The predicted octanol–water partition coefficient (Wildman–Crippen LogP) is 4.63. The van der Waals surface area contributed by atoms with Crippen LogP contribution in [0.3, 0.4) is 0 Å². The first-order chi connectivity index (χ1) is 11.5. The van der Waals surface area contributed by atoms with Crippen LogP contribution in [0.25, 0.3) is 10.9 Å². The lowest BCUT2D eigenvalue weighted by molar-refractivity contribution is -0.384. The second kappa shape index (κ2) is 6.64. The molecule has 0 saturated heterocycles. The van der Waals surface area contributed by atoms with Gasteiger partial charge in [0.2, 0.25) is 0 Å². The molecule has 0 amide bonds. The van der Waals surface area contributed by atoms with Crippen LogP contribution >= 0.6 is 11.6 Å². The van der Waals surface area contributed by atoms with Crippen molar-refractivity contribution >= 4 is 39.6 Å². The molecule has 1 heterocycles. The van der Waals surface area contributed by atoms with Gasteiger partial charge in [-0.25, -0.2) is 0 Å². The number of nitrogens with one attached hydrogen (secondary N) is 1. The number of hydrogen-bond donors (Lipinski definition) is 1. The van der Waals surface area contributed by atoms with Crippen LogP contribution in [-0.4, -0.2) is 15.6 Å². The van der Waals surface area contributed by atoms with E-state index in [1.54, 1.807) is 30.5 Å². The summed E-state index contributed by atoms with van der Waals surface area (Å²) >= 11 is 5.98. The summed E-state index contributed by atoms with van der Waals surface area (Å²) in [6.07, 6.45) is 1.68. The molecule has 0 atom stereocenters. The van der Waals surface area contributed by atoms with E-state index in [0.717, 1.165) is 22.2 Å². The summed E-state index contributed by atoms with van der Waals surface area (Å²) in [6.45, 7) is 1.83. The van der Waals surface area contributed by atoms with Crippen molar-refractivity contribution < 1.29 is 4.92 Å². The van der Waals surface area contributed by atoms with Crippen LogP contribution in [-0.2, 0) is 0 Å². The summed E-state index contributed by atoms with van der Waals surface area (Å²) < 4.78 is 0. The number of nitro benzene ring substituents is 1. The Morgan fingerprint density at radius 3 is 2.67 bits per heavy atom. The van der Waals surface area contributed by atoms with Crippen LogP contribution in [0.1, 0.15) is 12.5 Å². The van der Waals surface area contributed by atoms with E-state index < -0.39 is 4.92 Å². The summed E-state index contributed by atoms with van der Waals surface area (Å²) in [6, 6.07) is 13.5. The topological polar surface area (TPSA) is 80.4 Å². The van der Waals surface area contributed by atoms with Gasteiger partial charge >= 0.3 is 0 Å². The Kier molecular flexibility index (Phi) is 4.39. The van der Waals surface area contributed by atoms with E-state index in [2.05, 4.69) is 15.5 Å². The third kappa shape index (κ3) is 3.33. The molecule has 1 N–H and O–H groups in total. The highest BCUT2D eigenvalue weighted by atomic mass is 35.5. The smallest absolute Gasteiger partial charge is 0.269 e. The molecule has 1 aromatic heterocycles. The lowest BCUT2D eigenvalue weighted by atomic mass is 10.1. The van der Waals surface area contributed by atoms with Gasteiger partial charge in [0.05, 0.1) is 21.8 Å². The Balaban J connectivity index is 1.86. The maximum atomic E-state index is 10.7. The van der Waals surface area contributed by atoms with E-state index >= 15 is 0 Å². The first kappa shape index (κ1) is 15.9.